The molecule has 0 heterocycles. The first-order chi connectivity index (χ1) is 8.95. The molecule has 0 unspecified atom stereocenters. The Labute approximate surface area is 119 Å². The number of nitriles is 1. The lowest BCUT2D eigenvalue weighted by molar-refractivity contribution is -0.135. The van der Waals surface area contributed by atoms with Gasteiger partial charge in [0.05, 0.1) is 6.07 Å². The van der Waals surface area contributed by atoms with Crippen LogP contribution >= 0.6 is 0 Å². The summed E-state index contributed by atoms with van der Waals surface area (Å²) in [7, 11) is -1.69. The standard InChI is InChI=1S/C15H29NO2Si/c1-19(2,3)18-15(17)13-11-9-7-5-4-6-8-10-12-14-16/h4-13H2,1-3H3. The lowest BCUT2D eigenvalue weighted by Crippen LogP contribution is -2.28. The van der Waals surface area contributed by atoms with Crippen molar-refractivity contribution in [3.63, 3.8) is 0 Å². The Bertz CT molecular complexity index is 279. The molecule has 0 saturated carbocycles. The molecular weight excluding hydrogens is 254 g/mol. The minimum atomic E-state index is -1.69. The molecule has 0 amide bonds. The van der Waals surface area contributed by atoms with E-state index in [1.54, 1.807) is 0 Å². The summed E-state index contributed by atoms with van der Waals surface area (Å²) >= 11 is 0. The van der Waals surface area contributed by atoms with Crippen molar-refractivity contribution in [2.75, 3.05) is 0 Å². The van der Waals surface area contributed by atoms with Crippen LogP contribution in [-0.2, 0) is 9.22 Å². The van der Waals surface area contributed by atoms with Crippen molar-refractivity contribution in [2.24, 2.45) is 0 Å². The van der Waals surface area contributed by atoms with E-state index in [9.17, 15) is 4.79 Å². The molecule has 0 aromatic heterocycles. The smallest absolute Gasteiger partial charge is 0.292 e. The quantitative estimate of drug-likeness (QED) is 0.404. The highest BCUT2D eigenvalue weighted by atomic mass is 28.4. The van der Waals surface area contributed by atoms with Gasteiger partial charge in [0.2, 0.25) is 8.32 Å². The zero-order valence-electron chi connectivity index (χ0n) is 12.8. The number of carbonyl (C=O) groups excluding carboxylic acids is 1. The molecular formula is C15H29NO2Si. The second kappa shape index (κ2) is 11.0. The van der Waals surface area contributed by atoms with Crippen LogP contribution in [-0.4, -0.2) is 14.3 Å². The second-order valence-electron chi connectivity index (χ2n) is 6.07. The first-order valence-electron chi connectivity index (χ1n) is 7.54. The molecule has 0 aromatic carbocycles. The van der Waals surface area contributed by atoms with Crippen molar-refractivity contribution in [1.82, 2.24) is 0 Å². The first kappa shape index (κ1) is 18.2. The average molecular weight is 283 g/mol. The molecule has 0 aliphatic carbocycles. The highest BCUT2D eigenvalue weighted by Gasteiger charge is 2.19. The van der Waals surface area contributed by atoms with Crippen LogP contribution in [0.3, 0.4) is 0 Å². The van der Waals surface area contributed by atoms with Gasteiger partial charge in [-0.25, -0.2) is 0 Å². The van der Waals surface area contributed by atoms with Crippen molar-refractivity contribution in [2.45, 2.75) is 83.8 Å². The molecule has 110 valence electrons. The van der Waals surface area contributed by atoms with Crippen LogP contribution in [0.5, 0.6) is 0 Å². The summed E-state index contributed by atoms with van der Waals surface area (Å²) in [4.78, 5) is 11.5. The average Bonchev–Trinajstić information content (AvgIpc) is 2.29. The normalized spacial score (nSPS) is 11.1. The predicted octanol–water partition coefficient (Wildman–Crippen LogP) is 4.79. The van der Waals surface area contributed by atoms with Gasteiger partial charge in [0.15, 0.2) is 0 Å². The van der Waals surface area contributed by atoms with Gasteiger partial charge in [0, 0.05) is 12.8 Å². The van der Waals surface area contributed by atoms with Crippen LogP contribution in [0.2, 0.25) is 19.6 Å². The van der Waals surface area contributed by atoms with Crippen LogP contribution in [0.25, 0.3) is 0 Å². The zero-order valence-corrected chi connectivity index (χ0v) is 13.8. The Morgan fingerprint density at radius 1 is 0.947 bits per heavy atom. The summed E-state index contributed by atoms with van der Waals surface area (Å²) in [6.45, 7) is 6.12. The van der Waals surface area contributed by atoms with Crippen molar-refractivity contribution < 1.29 is 9.22 Å². The molecule has 0 aliphatic heterocycles. The van der Waals surface area contributed by atoms with Gasteiger partial charge in [0.25, 0.3) is 5.97 Å². The number of unbranched alkanes of at least 4 members (excludes halogenated alkanes) is 8. The van der Waals surface area contributed by atoms with Gasteiger partial charge in [-0.2, -0.15) is 5.26 Å². The second-order valence-corrected chi connectivity index (χ2v) is 10.5. The fourth-order valence-corrected chi connectivity index (χ4v) is 2.71. The van der Waals surface area contributed by atoms with E-state index >= 15 is 0 Å². The Kier molecular flexibility index (Phi) is 10.6. The Morgan fingerprint density at radius 3 is 1.89 bits per heavy atom. The molecule has 0 radical (unpaired) electrons. The lowest BCUT2D eigenvalue weighted by atomic mass is 10.1. The summed E-state index contributed by atoms with van der Waals surface area (Å²) in [5.41, 5.74) is 0. The Balaban J connectivity index is 3.23. The number of nitrogens with zero attached hydrogens (tertiary/aromatic N) is 1. The minimum absolute atomic E-state index is 0.0179. The van der Waals surface area contributed by atoms with Gasteiger partial charge in [-0.3, -0.25) is 4.79 Å². The number of carbonyl (C=O) groups is 1. The molecule has 4 heteroatoms. The van der Waals surface area contributed by atoms with E-state index in [1.807, 2.05) is 19.6 Å². The Hall–Kier alpha value is -0.823. The van der Waals surface area contributed by atoms with Crippen LogP contribution in [0.1, 0.15) is 64.2 Å². The summed E-state index contributed by atoms with van der Waals surface area (Å²) in [6.07, 6.45) is 10.5. The fourth-order valence-electron chi connectivity index (χ4n) is 1.93. The molecule has 0 aliphatic rings. The third kappa shape index (κ3) is 15.1. The highest BCUT2D eigenvalue weighted by Crippen LogP contribution is 2.12. The maximum atomic E-state index is 11.5. The van der Waals surface area contributed by atoms with Crippen LogP contribution < -0.4 is 0 Å². The van der Waals surface area contributed by atoms with Crippen molar-refractivity contribution in [1.29, 1.82) is 5.26 Å². The van der Waals surface area contributed by atoms with Gasteiger partial charge >= 0.3 is 0 Å². The maximum absolute atomic E-state index is 11.5. The van der Waals surface area contributed by atoms with Crippen molar-refractivity contribution in [3.8, 4) is 6.07 Å². The van der Waals surface area contributed by atoms with Gasteiger partial charge in [-0.1, -0.05) is 38.5 Å². The van der Waals surface area contributed by atoms with Crippen LogP contribution in [0.4, 0.5) is 0 Å². The van der Waals surface area contributed by atoms with E-state index < -0.39 is 8.32 Å². The largest absolute Gasteiger partial charge is 0.520 e. The van der Waals surface area contributed by atoms with E-state index in [-0.39, 0.29) is 5.97 Å². The van der Waals surface area contributed by atoms with Crippen molar-refractivity contribution >= 4 is 14.3 Å². The van der Waals surface area contributed by atoms with Gasteiger partial charge in [-0.05, 0) is 32.5 Å². The van der Waals surface area contributed by atoms with Gasteiger partial charge in [0.1, 0.15) is 0 Å². The molecule has 0 fully saturated rings. The predicted molar refractivity (Wildman–Crippen MR) is 81.2 cm³/mol. The van der Waals surface area contributed by atoms with E-state index in [0.29, 0.717) is 12.8 Å². The third-order valence-corrected chi connectivity index (χ3v) is 3.68. The highest BCUT2D eigenvalue weighted by molar-refractivity contribution is 6.71. The Morgan fingerprint density at radius 2 is 1.42 bits per heavy atom. The van der Waals surface area contributed by atoms with E-state index in [4.69, 9.17) is 9.69 Å². The van der Waals surface area contributed by atoms with E-state index in [1.165, 1.54) is 32.1 Å². The molecule has 0 atom stereocenters. The lowest BCUT2D eigenvalue weighted by Gasteiger charge is -2.17. The first-order valence-corrected chi connectivity index (χ1v) is 11.0. The maximum Gasteiger partial charge on any atom is 0.292 e. The van der Waals surface area contributed by atoms with E-state index in [0.717, 1.165) is 19.3 Å². The minimum Gasteiger partial charge on any atom is -0.520 e. The molecule has 0 spiro atoms. The number of hydrogen-bond donors (Lipinski definition) is 0. The molecule has 0 bridgehead atoms. The SMILES string of the molecule is C[Si](C)(C)OC(=O)CCCCCCCCCCC#N. The summed E-state index contributed by atoms with van der Waals surface area (Å²) in [5.74, 6) is -0.0179. The molecule has 0 saturated heterocycles. The summed E-state index contributed by atoms with van der Waals surface area (Å²) in [6, 6.07) is 2.17. The van der Waals surface area contributed by atoms with Gasteiger partial charge in [-0.15, -0.1) is 0 Å². The molecule has 3 nitrogen and oxygen atoms in total. The molecule has 0 rings (SSSR count). The van der Waals surface area contributed by atoms with Crippen LogP contribution in [0.15, 0.2) is 0 Å². The molecule has 0 aromatic rings. The summed E-state index contributed by atoms with van der Waals surface area (Å²) in [5, 5.41) is 8.40. The molecule has 0 N–H and O–H groups in total. The van der Waals surface area contributed by atoms with Crippen molar-refractivity contribution in [3.05, 3.63) is 0 Å². The van der Waals surface area contributed by atoms with E-state index in [2.05, 4.69) is 6.07 Å². The topological polar surface area (TPSA) is 50.1 Å². The van der Waals surface area contributed by atoms with Gasteiger partial charge < -0.3 is 4.43 Å². The zero-order chi connectivity index (χ0) is 14.6. The number of rotatable bonds is 11. The molecule has 19 heavy (non-hydrogen) atoms. The summed E-state index contributed by atoms with van der Waals surface area (Å²) < 4.78 is 5.39. The fraction of sp³-hybridized carbons (Fsp3) is 0.867. The monoisotopic (exact) mass is 283 g/mol. The third-order valence-electron chi connectivity index (χ3n) is 2.84. The number of hydrogen-bond acceptors (Lipinski definition) is 3. The van der Waals surface area contributed by atoms with Crippen LogP contribution in [0, 0.1) is 11.3 Å².